The van der Waals surface area contributed by atoms with Gasteiger partial charge in [-0.3, -0.25) is 13.9 Å². The molecule has 2 aromatic rings. The summed E-state index contributed by atoms with van der Waals surface area (Å²) in [6.45, 7) is 5.25. The zero-order valence-electron chi connectivity index (χ0n) is 20.7. The number of halogens is 5. The summed E-state index contributed by atoms with van der Waals surface area (Å²) >= 11 is 31.1. The minimum atomic E-state index is -4.01. The largest absolute Gasteiger partial charge is 0.354 e. The van der Waals surface area contributed by atoms with Gasteiger partial charge in [-0.05, 0) is 36.6 Å². The summed E-state index contributed by atoms with van der Waals surface area (Å²) in [7, 11) is -4.01. The molecule has 2 aromatic carbocycles. The molecule has 0 aliphatic rings. The Labute approximate surface area is 243 Å². The Hall–Kier alpha value is -1.42. The van der Waals surface area contributed by atoms with Crippen LogP contribution in [0.2, 0.25) is 25.1 Å². The summed E-state index contributed by atoms with van der Waals surface area (Å²) < 4.78 is 26.3. The SMILES string of the molecule is CC[C@H](C(=O)NCC(C)C)N(Cc1c(Cl)cccc1Cl)C(=O)CN(c1cc(Cl)c(Cl)cc1Cl)S(C)(=O)=O. The Balaban J connectivity index is 2.55. The summed E-state index contributed by atoms with van der Waals surface area (Å²) in [4.78, 5) is 28.1. The molecule has 0 fully saturated rings. The van der Waals surface area contributed by atoms with Gasteiger partial charge in [-0.1, -0.05) is 84.8 Å². The van der Waals surface area contributed by atoms with Gasteiger partial charge in [0.05, 0.1) is 27.0 Å². The van der Waals surface area contributed by atoms with E-state index < -0.39 is 28.5 Å². The third-order valence-electron chi connectivity index (χ3n) is 5.40. The molecule has 0 aliphatic carbocycles. The van der Waals surface area contributed by atoms with Crippen LogP contribution in [0.1, 0.15) is 32.8 Å². The first-order valence-electron chi connectivity index (χ1n) is 11.3. The molecule has 0 aromatic heterocycles. The molecule has 0 spiro atoms. The minimum absolute atomic E-state index is 0.0185. The van der Waals surface area contributed by atoms with Crippen LogP contribution in [0.5, 0.6) is 0 Å². The van der Waals surface area contributed by atoms with Crippen LogP contribution in [0.15, 0.2) is 30.3 Å². The smallest absolute Gasteiger partial charge is 0.244 e. The lowest BCUT2D eigenvalue weighted by molar-refractivity contribution is -0.140. The fraction of sp³-hybridized carbons (Fsp3) is 0.417. The lowest BCUT2D eigenvalue weighted by Gasteiger charge is -2.33. The van der Waals surface area contributed by atoms with Crippen molar-refractivity contribution in [3.8, 4) is 0 Å². The zero-order chi connectivity index (χ0) is 28.1. The van der Waals surface area contributed by atoms with E-state index in [0.717, 1.165) is 10.6 Å². The highest BCUT2D eigenvalue weighted by Gasteiger charge is 2.33. The van der Waals surface area contributed by atoms with Gasteiger partial charge >= 0.3 is 0 Å². The molecule has 204 valence electrons. The fourth-order valence-electron chi connectivity index (χ4n) is 3.49. The minimum Gasteiger partial charge on any atom is -0.354 e. The van der Waals surface area contributed by atoms with Crippen molar-refractivity contribution >= 4 is 85.5 Å². The number of carbonyl (C=O) groups is 2. The van der Waals surface area contributed by atoms with E-state index in [1.54, 1.807) is 25.1 Å². The van der Waals surface area contributed by atoms with Gasteiger partial charge in [0.1, 0.15) is 12.6 Å². The van der Waals surface area contributed by atoms with Crippen LogP contribution in [0.25, 0.3) is 0 Å². The van der Waals surface area contributed by atoms with Gasteiger partial charge < -0.3 is 10.2 Å². The monoisotopic (exact) mass is 629 g/mol. The number of hydrogen-bond donors (Lipinski definition) is 1. The quantitative estimate of drug-likeness (QED) is 0.295. The Kier molecular flexibility index (Phi) is 11.7. The third-order valence-corrected chi connectivity index (χ3v) is 8.26. The van der Waals surface area contributed by atoms with Crippen LogP contribution in [-0.4, -0.2) is 50.5 Å². The molecule has 2 rings (SSSR count). The Morgan fingerprint density at radius 3 is 2.03 bits per heavy atom. The summed E-state index contributed by atoms with van der Waals surface area (Å²) in [6, 6.07) is 6.52. The van der Waals surface area contributed by atoms with E-state index in [-0.39, 0.29) is 45.5 Å². The van der Waals surface area contributed by atoms with Crippen molar-refractivity contribution in [3.63, 3.8) is 0 Å². The highest BCUT2D eigenvalue weighted by Crippen LogP contribution is 2.36. The highest BCUT2D eigenvalue weighted by molar-refractivity contribution is 7.92. The van der Waals surface area contributed by atoms with Gasteiger partial charge in [0.25, 0.3) is 0 Å². The van der Waals surface area contributed by atoms with Crippen LogP contribution in [0.4, 0.5) is 5.69 Å². The number of sulfonamides is 1. The van der Waals surface area contributed by atoms with Gasteiger partial charge in [0, 0.05) is 28.7 Å². The number of nitrogens with zero attached hydrogens (tertiary/aromatic N) is 2. The molecule has 2 amide bonds. The molecular formula is C24H28Cl5N3O4S. The summed E-state index contributed by atoms with van der Waals surface area (Å²) in [5.74, 6) is -0.873. The molecule has 0 radical (unpaired) electrons. The molecule has 0 bridgehead atoms. The average molecular weight is 632 g/mol. The summed E-state index contributed by atoms with van der Waals surface area (Å²) in [5, 5.41) is 3.60. The predicted molar refractivity (Wildman–Crippen MR) is 153 cm³/mol. The van der Waals surface area contributed by atoms with E-state index in [1.807, 2.05) is 13.8 Å². The van der Waals surface area contributed by atoms with E-state index in [0.29, 0.717) is 22.2 Å². The fourth-order valence-corrected chi connectivity index (χ4v) is 5.56. The van der Waals surface area contributed by atoms with Gasteiger partial charge in [-0.15, -0.1) is 0 Å². The van der Waals surface area contributed by atoms with E-state index in [2.05, 4.69) is 5.32 Å². The number of hydrogen-bond acceptors (Lipinski definition) is 4. The maximum atomic E-state index is 13.8. The Morgan fingerprint density at radius 2 is 1.51 bits per heavy atom. The van der Waals surface area contributed by atoms with Crippen molar-refractivity contribution in [2.45, 2.75) is 39.8 Å². The van der Waals surface area contributed by atoms with Crippen LogP contribution in [0.3, 0.4) is 0 Å². The maximum absolute atomic E-state index is 13.8. The first kappa shape index (κ1) is 31.8. The molecule has 0 saturated heterocycles. The van der Waals surface area contributed by atoms with Crippen molar-refractivity contribution in [1.82, 2.24) is 10.2 Å². The highest BCUT2D eigenvalue weighted by atomic mass is 35.5. The number of carbonyl (C=O) groups excluding carboxylic acids is 2. The standard InChI is InChI=1S/C24H28Cl5N3O4S/c1-5-21(24(34)30-11-14(2)3)31(12-15-16(25)7-6-8-17(15)26)23(33)13-32(37(4,35)36)22-10-19(28)18(27)9-20(22)29/h6-10,14,21H,5,11-13H2,1-4H3,(H,30,34)/t21-/m1/s1. The second-order valence-corrected chi connectivity index (χ2v) is 12.7. The Morgan fingerprint density at radius 1 is 0.946 bits per heavy atom. The molecule has 0 saturated carbocycles. The molecule has 0 unspecified atom stereocenters. The average Bonchev–Trinajstić information content (AvgIpc) is 2.79. The number of rotatable bonds is 11. The topological polar surface area (TPSA) is 86.8 Å². The van der Waals surface area contributed by atoms with Gasteiger partial charge in [-0.2, -0.15) is 0 Å². The van der Waals surface area contributed by atoms with Gasteiger partial charge in [-0.25, -0.2) is 8.42 Å². The molecule has 0 aliphatic heterocycles. The van der Waals surface area contributed by atoms with Crippen molar-refractivity contribution in [2.75, 3.05) is 23.7 Å². The van der Waals surface area contributed by atoms with Crippen LogP contribution in [0, 0.1) is 5.92 Å². The number of nitrogens with one attached hydrogen (secondary N) is 1. The molecule has 1 atom stereocenters. The molecule has 7 nitrogen and oxygen atoms in total. The molecule has 1 N–H and O–H groups in total. The maximum Gasteiger partial charge on any atom is 0.244 e. The first-order chi connectivity index (χ1) is 17.2. The number of anilines is 1. The summed E-state index contributed by atoms with van der Waals surface area (Å²) in [6.07, 6.45) is 1.19. The molecular weight excluding hydrogens is 604 g/mol. The van der Waals surface area contributed by atoms with Crippen molar-refractivity contribution in [1.29, 1.82) is 0 Å². The van der Waals surface area contributed by atoms with E-state index >= 15 is 0 Å². The van der Waals surface area contributed by atoms with Crippen molar-refractivity contribution in [2.24, 2.45) is 5.92 Å². The van der Waals surface area contributed by atoms with Gasteiger partial charge in [0.2, 0.25) is 21.8 Å². The van der Waals surface area contributed by atoms with Crippen molar-refractivity contribution in [3.05, 3.63) is 61.0 Å². The first-order valence-corrected chi connectivity index (χ1v) is 15.0. The Bertz CT molecular complexity index is 1240. The second-order valence-electron chi connectivity index (χ2n) is 8.77. The molecule has 13 heteroatoms. The lowest BCUT2D eigenvalue weighted by Crippen LogP contribution is -2.52. The van der Waals surface area contributed by atoms with E-state index in [4.69, 9.17) is 58.0 Å². The van der Waals surface area contributed by atoms with Crippen LogP contribution < -0.4 is 9.62 Å². The molecule has 37 heavy (non-hydrogen) atoms. The van der Waals surface area contributed by atoms with Crippen LogP contribution >= 0.6 is 58.0 Å². The third kappa shape index (κ3) is 8.53. The normalized spacial score (nSPS) is 12.4. The molecule has 0 heterocycles. The summed E-state index contributed by atoms with van der Waals surface area (Å²) in [5.41, 5.74) is 0.396. The number of benzene rings is 2. The van der Waals surface area contributed by atoms with Gasteiger partial charge in [0.15, 0.2) is 0 Å². The number of amides is 2. The van der Waals surface area contributed by atoms with Crippen LogP contribution in [-0.2, 0) is 26.2 Å². The van der Waals surface area contributed by atoms with Crippen molar-refractivity contribution < 1.29 is 18.0 Å². The second kappa shape index (κ2) is 13.6. The van der Waals surface area contributed by atoms with E-state index in [1.165, 1.54) is 17.0 Å². The lowest BCUT2D eigenvalue weighted by atomic mass is 10.1. The predicted octanol–water partition coefficient (Wildman–Crippen LogP) is 6.30. The zero-order valence-corrected chi connectivity index (χ0v) is 25.3. The van der Waals surface area contributed by atoms with E-state index in [9.17, 15) is 18.0 Å².